The quantitative estimate of drug-likeness (QED) is 0.498. The maximum absolute atomic E-state index is 12.2. The predicted octanol–water partition coefficient (Wildman–Crippen LogP) is 4.03. The van der Waals surface area contributed by atoms with Crippen LogP contribution in [-0.2, 0) is 5.75 Å². The second kappa shape index (κ2) is 8.41. The molecule has 0 atom stereocenters. The van der Waals surface area contributed by atoms with E-state index in [2.05, 4.69) is 15.8 Å². The number of rotatable bonds is 5. The van der Waals surface area contributed by atoms with Crippen LogP contribution in [0.3, 0.4) is 0 Å². The monoisotopic (exact) mass is 401 g/mol. The highest BCUT2D eigenvalue weighted by molar-refractivity contribution is 8.00. The number of carbonyl (C=O) groups is 2. The van der Waals surface area contributed by atoms with Gasteiger partial charge in [-0.1, -0.05) is 23.9 Å². The first kappa shape index (κ1) is 19.2. The molecule has 1 aromatic carbocycles. The Morgan fingerprint density at radius 2 is 1.81 bits per heavy atom. The van der Waals surface area contributed by atoms with Gasteiger partial charge in [-0.3, -0.25) is 20.4 Å². The lowest BCUT2D eigenvalue weighted by Gasteiger charge is -2.07. The molecule has 0 aliphatic rings. The van der Waals surface area contributed by atoms with Gasteiger partial charge in [-0.25, -0.2) is 4.98 Å². The SMILES string of the molecule is Cc1csc(SCc2ccc(C(=O)NNC(=O)c3cc(C)oc3C)cc2)n1. The van der Waals surface area contributed by atoms with E-state index >= 15 is 0 Å². The van der Waals surface area contributed by atoms with Crippen LogP contribution in [0.4, 0.5) is 0 Å². The Kier molecular flexibility index (Phi) is 5.98. The van der Waals surface area contributed by atoms with Gasteiger partial charge in [-0.05, 0) is 44.5 Å². The van der Waals surface area contributed by atoms with E-state index in [-0.39, 0.29) is 5.91 Å². The first-order valence-corrected chi connectivity index (χ1v) is 10.1. The predicted molar refractivity (Wildman–Crippen MR) is 106 cm³/mol. The fraction of sp³-hybridized carbons (Fsp3) is 0.211. The molecule has 2 aromatic heterocycles. The highest BCUT2D eigenvalue weighted by Crippen LogP contribution is 2.26. The summed E-state index contributed by atoms with van der Waals surface area (Å²) in [5, 5.41) is 2.02. The van der Waals surface area contributed by atoms with E-state index in [1.807, 2.05) is 24.4 Å². The second-order valence-electron chi connectivity index (χ2n) is 5.98. The molecule has 0 fully saturated rings. The Labute approximate surface area is 165 Å². The molecule has 0 saturated carbocycles. The second-order valence-corrected chi connectivity index (χ2v) is 8.06. The number of hydrogen-bond acceptors (Lipinski definition) is 6. The van der Waals surface area contributed by atoms with Gasteiger partial charge in [0.1, 0.15) is 15.9 Å². The number of aromatic nitrogens is 1. The van der Waals surface area contributed by atoms with Crippen LogP contribution in [-0.4, -0.2) is 16.8 Å². The Balaban J connectivity index is 1.52. The molecule has 0 aliphatic heterocycles. The molecule has 3 aromatic rings. The molecule has 2 heterocycles. The summed E-state index contributed by atoms with van der Waals surface area (Å²) >= 11 is 3.29. The smallest absolute Gasteiger partial charge is 0.273 e. The first-order chi connectivity index (χ1) is 12.9. The van der Waals surface area contributed by atoms with Crippen molar-refractivity contribution in [1.29, 1.82) is 0 Å². The summed E-state index contributed by atoms with van der Waals surface area (Å²) in [5.74, 6) is 1.15. The van der Waals surface area contributed by atoms with Crippen molar-refractivity contribution in [2.45, 2.75) is 30.9 Å². The van der Waals surface area contributed by atoms with Crippen molar-refractivity contribution in [2.24, 2.45) is 0 Å². The van der Waals surface area contributed by atoms with Gasteiger partial charge in [0.2, 0.25) is 0 Å². The van der Waals surface area contributed by atoms with Gasteiger partial charge in [-0.15, -0.1) is 11.3 Å². The van der Waals surface area contributed by atoms with E-state index in [9.17, 15) is 9.59 Å². The van der Waals surface area contributed by atoms with E-state index in [4.69, 9.17) is 4.42 Å². The highest BCUT2D eigenvalue weighted by atomic mass is 32.2. The zero-order valence-electron chi connectivity index (χ0n) is 15.2. The minimum atomic E-state index is -0.413. The van der Waals surface area contributed by atoms with Gasteiger partial charge in [0.05, 0.1) is 5.56 Å². The fourth-order valence-electron chi connectivity index (χ4n) is 2.41. The lowest BCUT2D eigenvalue weighted by atomic mass is 10.1. The van der Waals surface area contributed by atoms with E-state index in [1.165, 1.54) is 0 Å². The minimum Gasteiger partial charge on any atom is -0.466 e. The lowest BCUT2D eigenvalue weighted by molar-refractivity contribution is 0.0845. The van der Waals surface area contributed by atoms with Gasteiger partial charge in [0.25, 0.3) is 11.8 Å². The van der Waals surface area contributed by atoms with Crippen LogP contribution in [0, 0.1) is 20.8 Å². The molecular weight excluding hydrogens is 382 g/mol. The molecule has 27 heavy (non-hydrogen) atoms. The summed E-state index contributed by atoms with van der Waals surface area (Å²) in [6, 6.07) is 8.89. The third-order valence-corrected chi connectivity index (χ3v) is 5.96. The van der Waals surface area contributed by atoms with Crippen molar-refractivity contribution in [3.05, 3.63) is 69.6 Å². The zero-order valence-corrected chi connectivity index (χ0v) is 16.8. The number of thioether (sulfide) groups is 1. The van der Waals surface area contributed by atoms with Crippen LogP contribution in [0.5, 0.6) is 0 Å². The van der Waals surface area contributed by atoms with E-state index in [0.29, 0.717) is 22.6 Å². The maximum atomic E-state index is 12.2. The van der Waals surface area contributed by atoms with Crippen molar-refractivity contribution in [3.8, 4) is 0 Å². The Hall–Kier alpha value is -2.58. The zero-order chi connectivity index (χ0) is 19.4. The minimum absolute atomic E-state index is 0.379. The number of carbonyl (C=O) groups excluding carboxylic acids is 2. The summed E-state index contributed by atoms with van der Waals surface area (Å²) in [6.45, 7) is 5.44. The number of furan rings is 1. The Morgan fingerprint density at radius 3 is 2.41 bits per heavy atom. The summed E-state index contributed by atoms with van der Waals surface area (Å²) in [6.07, 6.45) is 0. The molecular formula is C19H19N3O3S2. The number of hydrazine groups is 1. The van der Waals surface area contributed by atoms with Gasteiger partial charge >= 0.3 is 0 Å². The Morgan fingerprint density at radius 1 is 1.11 bits per heavy atom. The summed E-state index contributed by atoms with van der Waals surface area (Å²) < 4.78 is 6.35. The molecule has 0 bridgehead atoms. The molecule has 8 heteroatoms. The van der Waals surface area contributed by atoms with Crippen molar-refractivity contribution in [2.75, 3.05) is 0 Å². The van der Waals surface area contributed by atoms with E-state index < -0.39 is 5.91 Å². The maximum Gasteiger partial charge on any atom is 0.273 e. The molecule has 2 amide bonds. The molecule has 0 aliphatic carbocycles. The van der Waals surface area contributed by atoms with Gasteiger partial charge < -0.3 is 4.42 Å². The number of amides is 2. The third-order valence-electron chi connectivity index (χ3n) is 3.75. The summed E-state index contributed by atoms with van der Waals surface area (Å²) in [4.78, 5) is 28.7. The lowest BCUT2D eigenvalue weighted by Crippen LogP contribution is -2.41. The topological polar surface area (TPSA) is 84.2 Å². The van der Waals surface area contributed by atoms with Crippen molar-refractivity contribution in [3.63, 3.8) is 0 Å². The fourth-order valence-corrected chi connectivity index (χ4v) is 4.21. The Bertz CT molecular complexity index is 961. The number of nitrogens with zero attached hydrogens (tertiary/aromatic N) is 1. The summed E-state index contributed by atoms with van der Waals surface area (Å²) in [7, 11) is 0. The number of hydrogen-bond donors (Lipinski definition) is 2. The number of thiazole rings is 1. The molecule has 3 rings (SSSR count). The van der Waals surface area contributed by atoms with Crippen molar-refractivity contribution >= 4 is 34.9 Å². The molecule has 2 N–H and O–H groups in total. The third kappa shape index (κ3) is 4.99. The van der Waals surface area contributed by atoms with Gasteiger partial charge in [-0.2, -0.15) is 0 Å². The van der Waals surface area contributed by atoms with Crippen molar-refractivity contribution in [1.82, 2.24) is 15.8 Å². The average Bonchev–Trinajstić information content (AvgIpc) is 3.22. The van der Waals surface area contributed by atoms with Crippen LogP contribution in [0.15, 0.2) is 44.5 Å². The molecule has 0 saturated heterocycles. The van der Waals surface area contributed by atoms with Gasteiger partial charge in [0.15, 0.2) is 0 Å². The molecule has 6 nitrogen and oxygen atoms in total. The van der Waals surface area contributed by atoms with E-state index in [0.717, 1.165) is 21.3 Å². The normalized spacial score (nSPS) is 10.6. The number of aryl methyl sites for hydroxylation is 3. The molecule has 0 unspecified atom stereocenters. The first-order valence-electron chi connectivity index (χ1n) is 8.24. The van der Waals surface area contributed by atoms with Crippen molar-refractivity contribution < 1.29 is 14.0 Å². The molecule has 0 radical (unpaired) electrons. The van der Waals surface area contributed by atoms with Crippen LogP contribution >= 0.6 is 23.1 Å². The van der Waals surface area contributed by atoms with Crippen LogP contribution < -0.4 is 10.9 Å². The largest absolute Gasteiger partial charge is 0.466 e. The van der Waals surface area contributed by atoms with E-state index in [1.54, 1.807) is 55.1 Å². The van der Waals surface area contributed by atoms with Gasteiger partial charge in [0, 0.05) is 22.4 Å². The van der Waals surface area contributed by atoms with Crippen LogP contribution in [0.25, 0.3) is 0 Å². The number of nitrogens with one attached hydrogen (secondary N) is 2. The van der Waals surface area contributed by atoms with Crippen LogP contribution in [0.1, 0.15) is 43.5 Å². The highest BCUT2D eigenvalue weighted by Gasteiger charge is 2.14. The molecule has 0 spiro atoms. The van der Waals surface area contributed by atoms with Crippen LogP contribution in [0.2, 0.25) is 0 Å². The molecule has 140 valence electrons. The average molecular weight is 402 g/mol. The number of benzene rings is 1. The standard InChI is InChI=1S/C19H19N3O3S2/c1-11-9-26-19(20-11)27-10-14-4-6-15(7-5-14)17(23)21-22-18(24)16-8-12(2)25-13(16)3/h4-9H,10H2,1-3H3,(H,21,23)(H,22,24). The summed E-state index contributed by atoms with van der Waals surface area (Å²) in [5.41, 5.74) is 7.81.